The normalized spacial score (nSPS) is 18.9. The number of fused-ring (bicyclic) bond motifs is 1. The van der Waals surface area contributed by atoms with E-state index in [1.54, 1.807) is 0 Å². The summed E-state index contributed by atoms with van der Waals surface area (Å²) in [5, 5.41) is 28.5. The number of ether oxygens (including phenoxy) is 1. The maximum Gasteiger partial charge on any atom is 0.490 e. The van der Waals surface area contributed by atoms with Crippen molar-refractivity contribution >= 4 is 29.8 Å². The number of esters is 1. The number of aliphatic carboxylic acids is 4. The van der Waals surface area contributed by atoms with Crippen molar-refractivity contribution < 1.29 is 102 Å². The van der Waals surface area contributed by atoms with E-state index in [0.717, 1.165) is 64.3 Å². The number of pyridine rings is 1. The quantitative estimate of drug-likeness (QED) is 0.225. The summed E-state index contributed by atoms with van der Waals surface area (Å²) in [5.41, 5.74) is 0.755. The maximum atomic E-state index is 13.0. The number of nitrogens with zero attached hydrogens (tertiary/aromatic N) is 4. The monoisotopic (exact) mass is 830 g/mol. The van der Waals surface area contributed by atoms with Crippen LogP contribution >= 0.6 is 0 Å². The van der Waals surface area contributed by atoms with E-state index < -0.39 is 48.6 Å². The Hall–Kier alpha value is -4.46. The lowest BCUT2D eigenvalue weighted by molar-refractivity contribution is -0.193. The number of likely N-dealkylation sites (tertiary alicyclic amines) is 2. The molecule has 4 N–H and O–H groups in total. The molecule has 0 amide bonds. The number of carboxylic acid groups (broad SMARTS) is 4. The number of carboxylic acids is 4. The van der Waals surface area contributed by atoms with Gasteiger partial charge in [0.05, 0.1) is 17.7 Å². The number of aromatic nitrogens is 1. The average Bonchev–Trinajstić information content (AvgIpc) is 3.28. The minimum Gasteiger partial charge on any atom is -0.475 e. The Morgan fingerprint density at radius 3 is 1.55 bits per heavy atom. The third kappa shape index (κ3) is 21.9. The van der Waals surface area contributed by atoms with E-state index in [2.05, 4.69) is 39.8 Å². The van der Waals surface area contributed by atoms with Crippen LogP contribution in [0, 0.1) is 11.3 Å². The van der Waals surface area contributed by atoms with Gasteiger partial charge < -0.3 is 35.0 Å². The number of halogens is 12. The zero-order valence-corrected chi connectivity index (χ0v) is 29.0. The van der Waals surface area contributed by atoms with Crippen LogP contribution in [-0.4, -0.2) is 155 Å². The van der Waals surface area contributed by atoms with E-state index in [-0.39, 0.29) is 11.4 Å². The fourth-order valence-electron chi connectivity index (χ4n) is 4.60. The zero-order chi connectivity index (χ0) is 43.6. The largest absolute Gasteiger partial charge is 0.490 e. The molecule has 2 atom stereocenters. The summed E-state index contributed by atoms with van der Waals surface area (Å²) in [6.45, 7) is 9.02. The highest BCUT2D eigenvalue weighted by Crippen LogP contribution is 2.44. The van der Waals surface area contributed by atoms with Crippen molar-refractivity contribution in [1.29, 1.82) is 0 Å². The molecular weight excluding hydrogens is 792 g/mol. The number of carbonyl (C=O) groups excluding carboxylic acids is 1. The molecule has 0 aromatic carbocycles. The highest BCUT2D eigenvalue weighted by Gasteiger charge is 2.54. The van der Waals surface area contributed by atoms with Gasteiger partial charge in [0, 0.05) is 51.4 Å². The van der Waals surface area contributed by atoms with E-state index in [9.17, 15) is 57.5 Å². The van der Waals surface area contributed by atoms with Crippen LogP contribution in [0.25, 0.3) is 0 Å². The number of carbonyl (C=O) groups is 5. The Balaban J connectivity index is 0. The zero-order valence-electron chi connectivity index (χ0n) is 29.0. The van der Waals surface area contributed by atoms with Crippen LogP contribution in [0.4, 0.5) is 52.7 Å². The Kier molecular flexibility index (Phi) is 21.8. The summed E-state index contributed by atoms with van der Waals surface area (Å²) in [5.74, 6) is -10.7. The second-order valence-electron chi connectivity index (χ2n) is 11.5. The molecule has 0 bridgehead atoms. The van der Waals surface area contributed by atoms with Gasteiger partial charge in [-0.05, 0) is 52.5 Å². The molecule has 2 saturated heterocycles. The predicted molar refractivity (Wildman–Crippen MR) is 161 cm³/mol. The van der Waals surface area contributed by atoms with Gasteiger partial charge in [-0.3, -0.25) is 14.7 Å². The van der Waals surface area contributed by atoms with Gasteiger partial charge in [0.15, 0.2) is 0 Å². The summed E-state index contributed by atoms with van der Waals surface area (Å²) in [6.07, 6.45) is -16.5. The van der Waals surface area contributed by atoms with Crippen molar-refractivity contribution in [3.05, 3.63) is 30.1 Å². The van der Waals surface area contributed by atoms with Crippen LogP contribution in [0.5, 0.6) is 0 Å². The molecule has 14 nitrogen and oxygen atoms in total. The van der Waals surface area contributed by atoms with Gasteiger partial charge in [-0.15, -0.1) is 0 Å². The second kappa shape index (κ2) is 22.8. The molecule has 3 heterocycles. The smallest absolute Gasteiger partial charge is 0.475 e. The molecule has 2 fully saturated rings. The molecular formula is C29H38F12N4O10. The van der Waals surface area contributed by atoms with Crippen molar-refractivity contribution in [3.63, 3.8) is 0 Å². The molecule has 0 aliphatic carbocycles. The summed E-state index contributed by atoms with van der Waals surface area (Å²) >= 11 is 0. The van der Waals surface area contributed by atoms with Gasteiger partial charge in [0.1, 0.15) is 0 Å². The lowest BCUT2D eigenvalue weighted by Gasteiger charge is -2.31. The van der Waals surface area contributed by atoms with Crippen LogP contribution in [0.1, 0.15) is 25.5 Å². The molecule has 2 aliphatic heterocycles. The number of alkyl halides is 12. The Morgan fingerprint density at radius 1 is 0.782 bits per heavy atom. The summed E-state index contributed by atoms with van der Waals surface area (Å²) in [7, 11) is 4.20. The molecule has 318 valence electrons. The maximum absolute atomic E-state index is 13.0. The molecule has 55 heavy (non-hydrogen) atoms. The van der Waals surface area contributed by atoms with Crippen LogP contribution in [0.15, 0.2) is 24.4 Å². The van der Waals surface area contributed by atoms with Crippen molar-refractivity contribution in [1.82, 2.24) is 19.7 Å². The third-order valence-corrected chi connectivity index (χ3v) is 6.97. The predicted octanol–water partition coefficient (Wildman–Crippen LogP) is 4.25. The van der Waals surface area contributed by atoms with Gasteiger partial charge >= 0.3 is 54.6 Å². The van der Waals surface area contributed by atoms with Crippen LogP contribution in [0.2, 0.25) is 0 Å². The second-order valence-corrected chi connectivity index (χ2v) is 11.5. The molecule has 1 aromatic heterocycles. The first-order chi connectivity index (χ1) is 24.8. The van der Waals surface area contributed by atoms with Gasteiger partial charge in [0.25, 0.3) is 0 Å². The lowest BCUT2D eigenvalue weighted by Crippen LogP contribution is -2.42. The highest BCUT2D eigenvalue weighted by molar-refractivity contribution is 5.78. The standard InChI is InChI=1S/C21H34N4O2.4C2HF3O2/c1-4-27-20(26)21-9-7-11-24(16-19-8-5-6-10-22-19)14-18(21)15-25(17-21)13-12-23(2)3;4*3-2(4,5)1(6)7/h5-6,8,10,18H,4,7,9,11-17H2,1-3H3;4*(H,6,7)/t18-,21-;;;;/m0..../s1. The number of hydrogen-bond acceptors (Lipinski definition) is 10. The van der Waals surface area contributed by atoms with Gasteiger partial charge in [-0.2, -0.15) is 52.7 Å². The van der Waals surface area contributed by atoms with E-state index in [1.807, 2.05) is 25.3 Å². The first-order valence-corrected chi connectivity index (χ1v) is 15.2. The average molecular weight is 831 g/mol. The summed E-state index contributed by atoms with van der Waals surface area (Å²) in [4.78, 5) is 60.2. The summed E-state index contributed by atoms with van der Waals surface area (Å²) in [6, 6.07) is 6.08. The number of likely N-dealkylation sites (N-methyl/N-ethyl adjacent to an activating group) is 1. The van der Waals surface area contributed by atoms with Gasteiger partial charge in [0.2, 0.25) is 0 Å². The van der Waals surface area contributed by atoms with E-state index in [1.165, 1.54) is 0 Å². The molecule has 0 spiro atoms. The van der Waals surface area contributed by atoms with Crippen LogP contribution < -0.4 is 0 Å². The molecule has 0 unspecified atom stereocenters. The summed E-state index contributed by atoms with van der Waals surface area (Å²) < 4.78 is 133. The first kappa shape index (κ1) is 52.6. The first-order valence-electron chi connectivity index (χ1n) is 15.2. The molecule has 26 heteroatoms. The fraction of sp³-hybridized carbons (Fsp3) is 0.655. The van der Waals surface area contributed by atoms with Gasteiger partial charge in [-0.25, -0.2) is 19.2 Å². The van der Waals surface area contributed by atoms with E-state index >= 15 is 0 Å². The number of rotatable bonds is 7. The van der Waals surface area contributed by atoms with Crippen molar-refractivity contribution in [2.45, 2.75) is 51.0 Å². The Bertz CT molecular complexity index is 1270. The van der Waals surface area contributed by atoms with Crippen molar-refractivity contribution in [2.75, 3.05) is 60.0 Å². The minimum atomic E-state index is -5.08. The number of hydrogen-bond donors (Lipinski definition) is 4. The minimum absolute atomic E-state index is 0.0158. The van der Waals surface area contributed by atoms with Crippen molar-refractivity contribution in [2.24, 2.45) is 11.3 Å². The van der Waals surface area contributed by atoms with Crippen LogP contribution in [0.3, 0.4) is 0 Å². The van der Waals surface area contributed by atoms with Crippen molar-refractivity contribution in [3.8, 4) is 0 Å². The molecule has 2 aliphatic rings. The fourth-order valence-corrected chi connectivity index (χ4v) is 4.60. The molecule has 3 rings (SSSR count). The Morgan fingerprint density at radius 2 is 1.20 bits per heavy atom. The van der Waals surface area contributed by atoms with E-state index in [0.29, 0.717) is 12.5 Å². The third-order valence-electron chi connectivity index (χ3n) is 6.97. The Labute approximate surface area is 304 Å². The SMILES string of the molecule is CCOC(=O)[C@]12CCCN(Cc3ccccn3)C[C@H]1CN(CCN(C)C)C2.O=C(O)C(F)(F)F.O=C(O)C(F)(F)F.O=C(O)C(F)(F)F.O=C(O)C(F)(F)F. The lowest BCUT2D eigenvalue weighted by atomic mass is 9.75. The molecule has 0 radical (unpaired) electrons. The molecule has 1 aromatic rings. The molecule has 0 saturated carbocycles. The topological polar surface area (TPSA) is 198 Å². The van der Waals surface area contributed by atoms with Crippen LogP contribution in [-0.2, 0) is 35.3 Å². The van der Waals surface area contributed by atoms with E-state index in [4.69, 9.17) is 44.3 Å². The van der Waals surface area contributed by atoms with Gasteiger partial charge in [-0.1, -0.05) is 6.07 Å². The highest BCUT2D eigenvalue weighted by atomic mass is 19.4.